The van der Waals surface area contributed by atoms with Gasteiger partial charge in [0.2, 0.25) is 9.84 Å². The van der Waals surface area contributed by atoms with Crippen LogP contribution in [0.25, 0.3) is 0 Å². The molecule has 0 bridgehead atoms. The molecule has 0 aliphatic heterocycles. The predicted molar refractivity (Wildman–Crippen MR) is 137 cm³/mol. The van der Waals surface area contributed by atoms with Crippen LogP contribution in [0.4, 0.5) is 0 Å². The lowest BCUT2D eigenvalue weighted by molar-refractivity contribution is -0.138. The zero-order valence-electron chi connectivity index (χ0n) is 20.8. The normalized spacial score (nSPS) is 12.3. The molecule has 1 aromatic rings. The molecule has 0 amide bonds. The first kappa shape index (κ1) is 29.0. The summed E-state index contributed by atoms with van der Waals surface area (Å²) < 4.78 is 31.5. The lowest BCUT2D eigenvalue weighted by Crippen LogP contribution is -2.18. The van der Waals surface area contributed by atoms with Crippen molar-refractivity contribution in [3.63, 3.8) is 0 Å². The van der Waals surface area contributed by atoms with Gasteiger partial charge in [-0.2, -0.15) is 0 Å². The van der Waals surface area contributed by atoms with Crippen LogP contribution in [0.2, 0.25) is 0 Å². The fourth-order valence-corrected chi connectivity index (χ4v) is 4.81. The van der Waals surface area contributed by atoms with E-state index in [1.807, 2.05) is 18.7 Å². The van der Waals surface area contributed by atoms with E-state index >= 15 is 0 Å². The van der Waals surface area contributed by atoms with Crippen molar-refractivity contribution in [1.29, 1.82) is 0 Å². The lowest BCUT2D eigenvalue weighted by Gasteiger charge is -2.14. The van der Waals surface area contributed by atoms with E-state index in [4.69, 9.17) is 4.74 Å². The summed E-state index contributed by atoms with van der Waals surface area (Å²) in [6, 6.07) is 8.02. The van der Waals surface area contributed by atoms with E-state index in [-0.39, 0.29) is 16.4 Å². The number of hydrogen-bond acceptors (Lipinski definition) is 5. The highest BCUT2D eigenvalue weighted by molar-refractivity contribution is 7.96. The van der Waals surface area contributed by atoms with E-state index in [2.05, 4.69) is 6.92 Å². The number of carbonyl (C=O) groups excluding carboxylic acids is 1. The largest absolute Gasteiger partial charge is 0.462 e. The average Bonchev–Trinajstić information content (AvgIpc) is 2.83. The second kappa shape index (κ2) is 17.4. The zero-order chi connectivity index (χ0) is 24.4. The van der Waals surface area contributed by atoms with Crippen molar-refractivity contribution in [2.24, 2.45) is 0 Å². The lowest BCUT2D eigenvalue weighted by atomic mass is 10.1. The molecule has 0 heterocycles. The second-order valence-electron chi connectivity index (χ2n) is 8.23. The summed E-state index contributed by atoms with van der Waals surface area (Å²) in [6.45, 7) is 8.08. The number of carbonyl (C=O) groups is 1. The molecule has 0 atom stereocenters. The van der Waals surface area contributed by atoms with Crippen LogP contribution >= 0.6 is 0 Å². The Morgan fingerprint density at radius 3 is 1.94 bits per heavy atom. The van der Waals surface area contributed by atoms with Gasteiger partial charge in [-0.3, -0.25) is 0 Å². The molecule has 0 unspecified atom stereocenters. The number of hydrogen-bond donors (Lipinski definition) is 0. The Kier molecular flexibility index (Phi) is 15.3. The van der Waals surface area contributed by atoms with Crippen LogP contribution in [0, 0.1) is 0 Å². The summed E-state index contributed by atoms with van der Waals surface area (Å²) in [7, 11) is -3.96. The summed E-state index contributed by atoms with van der Waals surface area (Å²) in [4.78, 5) is 14.5. The number of nitrogens with zero attached hydrogens (tertiary/aromatic N) is 1. The van der Waals surface area contributed by atoms with Gasteiger partial charge in [0.05, 0.1) is 11.5 Å². The van der Waals surface area contributed by atoms with E-state index in [0.29, 0.717) is 0 Å². The molecule has 0 aromatic heterocycles. The standard InChI is InChI=1S/C27H43NO4S/c1-4-7-8-9-10-11-12-13-14-18-24-32-27(29)26(22-19-23-28(5-2)6-3)33(30,31)25-20-16-15-17-21-25/h15-17,19-23H,4-14,18,24H2,1-3H3. The molecule has 0 radical (unpaired) electrons. The van der Waals surface area contributed by atoms with Gasteiger partial charge in [0.15, 0.2) is 4.91 Å². The van der Waals surface area contributed by atoms with Gasteiger partial charge in [0.1, 0.15) is 0 Å². The Morgan fingerprint density at radius 1 is 0.848 bits per heavy atom. The molecule has 0 spiro atoms. The predicted octanol–water partition coefficient (Wildman–Crippen LogP) is 6.66. The Labute approximate surface area is 201 Å². The fraction of sp³-hybridized carbons (Fsp3) is 0.593. The molecule has 0 saturated heterocycles. The monoisotopic (exact) mass is 477 g/mol. The maximum Gasteiger partial charge on any atom is 0.350 e. The van der Waals surface area contributed by atoms with Crippen molar-refractivity contribution in [3.8, 4) is 0 Å². The molecule has 6 heteroatoms. The molecule has 0 fully saturated rings. The smallest absolute Gasteiger partial charge is 0.350 e. The fourth-order valence-electron chi connectivity index (χ4n) is 3.51. The molecule has 0 aliphatic rings. The maximum atomic E-state index is 13.1. The van der Waals surface area contributed by atoms with E-state index in [1.54, 1.807) is 30.5 Å². The van der Waals surface area contributed by atoms with Crippen LogP contribution in [0.15, 0.2) is 58.5 Å². The zero-order valence-corrected chi connectivity index (χ0v) is 21.6. The summed E-state index contributed by atoms with van der Waals surface area (Å²) in [6.07, 6.45) is 16.6. The van der Waals surface area contributed by atoms with Crippen LogP contribution in [0.3, 0.4) is 0 Å². The first-order valence-electron chi connectivity index (χ1n) is 12.6. The molecule has 186 valence electrons. The summed E-state index contributed by atoms with van der Waals surface area (Å²) >= 11 is 0. The van der Waals surface area contributed by atoms with Gasteiger partial charge in [-0.1, -0.05) is 82.9 Å². The third-order valence-corrected chi connectivity index (χ3v) is 7.41. The maximum absolute atomic E-state index is 13.1. The third-order valence-electron chi connectivity index (χ3n) is 5.63. The third kappa shape index (κ3) is 11.6. The van der Waals surface area contributed by atoms with E-state index in [1.165, 1.54) is 63.2 Å². The first-order valence-corrected chi connectivity index (χ1v) is 14.0. The van der Waals surface area contributed by atoms with Crippen molar-refractivity contribution in [3.05, 3.63) is 53.6 Å². The Balaban J connectivity index is 2.61. The molecule has 0 saturated carbocycles. The van der Waals surface area contributed by atoms with Gasteiger partial charge in [-0.15, -0.1) is 0 Å². The Bertz CT molecular complexity index is 812. The Morgan fingerprint density at radius 2 is 1.39 bits per heavy atom. The van der Waals surface area contributed by atoms with E-state index < -0.39 is 15.8 Å². The number of allylic oxidation sites excluding steroid dienone is 2. The summed E-state index contributed by atoms with van der Waals surface area (Å²) in [5.74, 6) is -0.793. The number of benzene rings is 1. The molecular weight excluding hydrogens is 434 g/mol. The van der Waals surface area contributed by atoms with Crippen molar-refractivity contribution in [2.75, 3.05) is 19.7 Å². The van der Waals surface area contributed by atoms with Gasteiger partial charge >= 0.3 is 5.97 Å². The van der Waals surface area contributed by atoms with Crippen molar-refractivity contribution < 1.29 is 17.9 Å². The molecular formula is C27H43NO4S. The minimum Gasteiger partial charge on any atom is -0.462 e. The van der Waals surface area contributed by atoms with Gasteiger partial charge < -0.3 is 9.64 Å². The molecule has 1 rings (SSSR count). The summed E-state index contributed by atoms with van der Waals surface area (Å²) in [5, 5.41) is 0. The van der Waals surface area contributed by atoms with Gasteiger partial charge in [-0.25, -0.2) is 13.2 Å². The molecule has 0 aliphatic carbocycles. The molecule has 33 heavy (non-hydrogen) atoms. The van der Waals surface area contributed by atoms with Crippen LogP contribution in [-0.2, 0) is 19.4 Å². The van der Waals surface area contributed by atoms with Gasteiger partial charge in [0.25, 0.3) is 0 Å². The first-order chi connectivity index (χ1) is 16.0. The number of sulfone groups is 1. The highest BCUT2D eigenvalue weighted by Gasteiger charge is 2.27. The van der Waals surface area contributed by atoms with Crippen molar-refractivity contribution in [2.45, 2.75) is 89.9 Å². The van der Waals surface area contributed by atoms with Crippen molar-refractivity contribution in [1.82, 2.24) is 4.90 Å². The minimum absolute atomic E-state index is 0.0865. The second-order valence-corrected chi connectivity index (χ2v) is 10.1. The van der Waals surface area contributed by atoms with Crippen LogP contribution in [-0.4, -0.2) is 39.0 Å². The molecule has 5 nitrogen and oxygen atoms in total. The van der Waals surface area contributed by atoms with E-state index in [9.17, 15) is 13.2 Å². The van der Waals surface area contributed by atoms with Crippen LogP contribution in [0.1, 0.15) is 85.0 Å². The average molecular weight is 478 g/mol. The van der Waals surface area contributed by atoms with E-state index in [0.717, 1.165) is 32.4 Å². The van der Waals surface area contributed by atoms with Crippen molar-refractivity contribution >= 4 is 15.8 Å². The molecule has 1 aromatic carbocycles. The minimum atomic E-state index is -3.96. The quantitative estimate of drug-likeness (QED) is 0.102. The number of unbranched alkanes of at least 4 members (excludes halogenated alkanes) is 9. The van der Waals surface area contributed by atoms with Gasteiger partial charge in [-0.05, 0) is 50.8 Å². The van der Waals surface area contributed by atoms with Crippen LogP contribution in [0.5, 0.6) is 0 Å². The molecule has 0 N–H and O–H groups in total. The van der Waals surface area contributed by atoms with Crippen LogP contribution < -0.4 is 0 Å². The number of esters is 1. The highest BCUT2D eigenvalue weighted by Crippen LogP contribution is 2.21. The summed E-state index contributed by atoms with van der Waals surface area (Å²) in [5.41, 5.74) is 0. The number of ether oxygens (including phenoxy) is 1. The topological polar surface area (TPSA) is 63.7 Å². The highest BCUT2D eigenvalue weighted by atomic mass is 32.2. The number of rotatable bonds is 18. The van der Waals surface area contributed by atoms with Gasteiger partial charge in [0, 0.05) is 13.1 Å². The Hall–Kier alpha value is -2.08. The SMILES string of the molecule is CCCCCCCCCCCCOC(=O)C(=CC=CN(CC)CC)S(=O)(=O)c1ccccc1.